The Morgan fingerprint density at radius 1 is 1.37 bits per heavy atom. The second-order valence-electron chi connectivity index (χ2n) is 5.27. The van der Waals surface area contributed by atoms with Crippen LogP contribution in [0.4, 0.5) is 5.95 Å². The first-order valence-electron chi connectivity index (χ1n) is 6.88. The molecular weight excluding hydrogens is 238 g/mol. The van der Waals surface area contributed by atoms with Gasteiger partial charge in [-0.1, -0.05) is 26.3 Å². The molecule has 0 amide bonds. The Morgan fingerprint density at radius 2 is 2.11 bits per heavy atom. The van der Waals surface area contributed by atoms with Gasteiger partial charge in [0.25, 0.3) is 0 Å². The second-order valence-corrected chi connectivity index (χ2v) is 5.27. The van der Waals surface area contributed by atoms with E-state index in [9.17, 15) is 0 Å². The minimum atomic E-state index is 0.340. The van der Waals surface area contributed by atoms with E-state index in [0.717, 1.165) is 23.2 Å². The number of hydrogen-bond donors (Lipinski definition) is 1. The van der Waals surface area contributed by atoms with Gasteiger partial charge in [-0.3, -0.25) is 0 Å². The zero-order valence-electron chi connectivity index (χ0n) is 12.2. The number of benzene rings is 1. The molecule has 4 heteroatoms. The minimum absolute atomic E-state index is 0.340. The summed E-state index contributed by atoms with van der Waals surface area (Å²) >= 11 is 0. The van der Waals surface area contributed by atoms with Gasteiger partial charge in [0.05, 0.1) is 12.6 Å². The average Bonchev–Trinajstić information content (AvgIpc) is 2.74. The summed E-state index contributed by atoms with van der Waals surface area (Å²) in [5.74, 6) is 2.02. The van der Waals surface area contributed by atoms with Gasteiger partial charge in [0.15, 0.2) is 0 Å². The van der Waals surface area contributed by atoms with Gasteiger partial charge in [-0.05, 0) is 31.4 Å². The average molecular weight is 261 g/mol. The Morgan fingerprint density at radius 3 is 2.74 bits per heavy atom. The molecule has 1 heterocycles. The van der Waals surface area contributed by atoms with Crippen LogP contribution in [-0.4, -0.2) is 16.7 Å². The van der Waals surface area contributed by atoms with E-state index in [1.165, 1.54) is 6.42 Å². The standard InChI is InChI=1S/C15H23N3O/c1-5-10(2)9-11(3)18-12-7-6-8-13(19-4)14(12)17-15(18)16/h6-8,10-11H,5,9H2,1-4H3,(H2,16,17). The first-order chi connectivity index (χ1) is 9.08. The lowest BCUT2D eigenvalue weighted by Gasteiger charge is -2.19. The lowest BCUT2D eigenvalue weighted by Crippen LogP contribution is -2.11. The molecule has 2 N–H and O–H groups in total. The van der Waals surface area contributed by atoms with E-state index in [-0.39, 0.29) is 0 Å². The number of anilines is 1. The maximum Gasteiger partial charge on any atom is 0.201 e. The Hall–Kier alpha value is -1.71. The van der Waals surface area contributed by atoms with E-state index in [4.69, 9.17) is 10.5 Å². The molecule has 19 heavy (non-hydrogen) atoms. The summed E-state index contributed by atoms with van der Waals surface area (Å²) in [5, 5.41) is 0. The normalized spacial score (nSPS) is 14.5. The van der Waals surface area contributed by atoms with Gasteiger partial charge < -0.3 is 15.0 Å². The van der Waals surface area contributed by atoms with Gasteiger partial charge in [-0.15, -0.1) is 0 Å². The van der Waals surface area contributed by atoms with Crippen LogP contribution in [0.25, 0.3) is 11.0 Å². The number of nitrogens with zero attached hydrogens (tertiary/aromatic N) is 2. The number of ether oxygens (including phenoxy) is 1. The predicted octanol–water partition coefficient (Wildman–Crippen LogP) is 3.62. The summed E-state index contributed by atoms with van der Waals surface area (Å²) in [6, 6.07) is 6.29. The first-order valence-corrected chi connectivity index (χ1v) is 6.88. The molecule has 0 spiro atoms. The van der Waals surface area contributed by atoms with Crippen LogP contribution in [0.1, 0.15) is 39.7 Å². The van der Waals surface area contributed by atoms with Crippen molar-refractivity contribution in [3.8, 4) is 5.75 Å². The monoisotopic (exact) mass is 261 g/mol. The zero-order valence-corrected chi connectivity index (χ0v) is 12.2. The fourth-order valence-corrected chi connectivity index (χ4v) is 2.59. The molecular formula is C15H23N3O. The van der Waals surface area contributed by atoms with Crippen molar-refractivity contribution >= 4 is 17.0 Å². The van der Waals surface area contributed by atoms with Crippen LogP contribution in [0.15, 0.2) is 18.2 Å². The fourth-order valence-electron chi connectivity index (χ4n) is 2.59. The lowest BCUT2D eigenvalue weighted by atomic mass is 10.00. The van der Waals surface area contributed by atoms with E-state index in [1.807, 2.05) is 18.2 Å². The van der Waals surface area contributed by atoms with Crippen LogP contribution in [0.2, 0.25) is 0 Å². The molecule has 0 aliphatic rings. The van der Waals surface area contributed by atoms with Crippen molar-refractivity contribution < 1.29 is 4.74 Å². The number of rotatable bonds is 5. The summed E-state index contributed by atoms with van der Waals surface area (Å²) in [6.07, 6.45) is 2.28. The third-order valence-corrected chi connectivity index (χ3v) is 3.81. The van der Waals surface area contributed by atoms with Gasteiger partial charge in [-0.25, -0.2) is 4.98 Å². The molecule has 0 saturated carbocycles. The molecule has 0 saturated heterocycles. The maximum absolute atomic E-state index is 6.09. The summed E-state index contributed by atoms with van der Waals surface area (Å²) < 4.78 is 7.46. The van der Waals surface area contributed by atoms with Crippen LogP contribution in [0.3, 0.4) is 0 Å². The van der Waals surface area contributed by atoms with Crippen molar-refractivity contribution in [1.29, 1.82) is 0 Å². The molecule has 104 valence electrons. The number of fused-ring (bicyclic) bond motifs is 1. The summed E-state index contributed by atoms with van der Waals surface area (Å²) in [7, 11) is 1.66. The van der Waals surface area contributed by atoms with Crippen molar-refractivity contribution in [2.75, 3.05) is 12.8 Å². The Kier molecular flexibility index (Phi) is 3.98. The number of imidazole rings is 1. The van der Waals surface area contributed by atoms with Crippen LogP contribution in [-0.2, 0) is 0 Å². The van der Waals surface area contributed by atoms with Crippen molar-refractivity contribution in [2.45, 2.75) is 39.7 Å². The van der Waals surface area contributed by atoms with Crippen LogP contribution >= 0.6 is 0 Å². The van der Waals surface area contributed by atoms with E-state index in [0.29, 0.717) is 17.9 Å². The summed E-state index contributed by atoms with van der Waals surface area (Å²) in [4.78, 5) is 4.45. The number of methoxy groups -OCH3 is 1. The molecule has 0 radical (unpaired) electrons. The van der Waals surface area contributed by atoms with E-state index < -0.39 is 0 Å². The topological polar surface area (TPSA) is 53.1 Å². The zero-order chi connectivity index (χ0) is 14.0. The highest BCUT2D eigenvalue weighted by Gasteiger charge is 2.17. The van der Waals surface area contributed by atoms with Gasteiger partial charge in [-0.2, -0.15) is 0 Å². The Balaban J connectivity index is 2.45. The number of nitrogen functional groups attached to an aromatic ring is 1. The van der Waals surface area contributed by atoms with Crippen LogP contribution in [0, 0.1) is 5.92 Å². The van der Waals surface area contributed by atoms with Gasteiger partial charge >= 0.3 is 0 Å². The first kappa shape index (κ1) is 13.7. The molecule has 1 aromatic carbocycles. The molecule has 2 unspecified atom stereocenters. The predicted molar refractivity (Wildman–Crippen MR) is 79.5 cm³/mol. The molecule has 2 atom stereocenters. The quantitative estimate of drug-likeness (QED) is 0.894. The number of hydrogen-bond acceptors (Lipinski definition) is 3. The molecule has 1 aromatic heterocycles. The van der Waals surface area contributed by atoms with E-state index in [2.05, 4.69) is 30.3 Å². The molecule has 0 aliphatic carbocycles. The third-order valence-electron chi connectivity index (χ3n) is 3.81. The largest absolute Gasteiger partial charge is 0.494 e. The molecule has 0 fully saturated rings. The van der Waals surface area contributed by atoms with Crippen molar-refractivity contribution in [3.63, 3.8) is 0 Å². The summed E-state index contributed by atoms with van der Waals surface area (Å²) in [6.45, 7) is 6.69. The van der Waals surface area contributed by atoms with Gasteiger partial charge in [0.2, 0.25) is 5.95 Å². The summed E-state index contributed by atoms with van der Waals surface area (Å²) in [5.41, 5.74) is 7.99. The SMILES string of the molecule is CCC(C)CC(C)n1c(N)nc2c(OC)cccc21. The molecule has 4 nitrogen and oxygen atoms in total. The Labute approximate surface area is 114 Å². The highest BCUT2D eigenvalue weighted by Crippen LogP contribution is 2.31. The second kappa shape index (κ2) is 5.51. The highest BCUT2D eigenvalue weighted by atomic mass is 16.5. The lowest BCUT2D eigenvalue weighted by molar-refractivity contribution is 0.407. The Bertz CT molecular complexity index is 562. The molecule has 0 aliphatic heterocycles. The minimum Gasteiger partial charge on any atom is -0.494 e. The van der Waals surface area contributed by atoms with Crippen LogP contribution < -0.4 is 10.5 Å². The molecule has 2 rings (SSSR count). The number of para-hydroxylation sites is 1. The highest BCUT2D eigenvalue weighted by molar-refractivity contribution is 5.84. The molecule has 2 aromatic rings. The van der Waals surface area contributed by atoms with Gasteiger partial charge in [0.1, 0.15) is 11.3 Å². The molecule has 0 bridgehead atoms. The van der Waals surface area contributed by atoms with Crippen molar-refractivity contribution in [2.24, 2.45) is 5.92 Å². The third kappa shape index (κ3) is 2.53. The smallest absolute Gasteiger partial charge is 0.201 e. The van der Waals surface area contributed by atoms with E-state index >= 15 is 0 Å². The van der Waals surface area contributed by atoms with Crippen molar-refractivity contribution in [3.05, 3.63) is 18.2 Å². The number of nitrogens with two attached hydrogens (primary N) is 1. The van der Waals surface area contributed by atoms with Gasteiger partial charge in [0, 0.05) is 6.04 Å². The van der Waals surface area contributed by atoms with Crippen LogP contribution in [0.5, 0.6) is 5.75 Å². The number of aromatic nitrogens is 2. The van der Waals surface area contributed by atoms with E-state index in [1.54, 1.807) is 7.11 Å². The van der Waals surface area contributed by atoms with Crippen molar-refractivity contribution in [1.82, 2.24) is 9.55 Å². The maximum atomic E-state index is 6.09. The fraction of sp³-hybridized carbons (Fsp3) is 0.533.